The van der Waals surface area contributed by atoms with Gasteiger partial charge in [0.1, 0.15) is 23.7 Å². The van der Waals surface area contributed by atoms with Gasteiger partial charge in [0.2, 0.25) is 0 Å². The third-order valence-corrected chi connectivity index (χ3v) is 5.60. The molecule has 2 aromatic heterocycles. The summed E-state index contributed by atoms with van der Waals surface area (Å²) in [4.78, 5) is 11.8. The molecule has 0 unspecified atom stereocenters. The van der Waals surface area contributed by atoms with E-state index >= 15 is 0 Å². The largest absolute Gasteiger partial charge is 0.508 e. The summed E-state index contributed by atoms with van der Waals surface area (Å²) in [6, 6.07) is 13.3. The molecule has 4 rings (SSSR count). The summed E-state index contributed by atoms with van der Waals surface area (Å²) < 4.78 is 12.7. The monoisotopic (exact) mass is 429 g/mol. The highest BCUT2D eigenvalue weighted by atomic mass is 35.5. The summed E-state index contributed by atoms with van der Waals surface area (Å²) in [5.41, 5.74) is 0.681. The second kappa shape index (κ2) is 8.18. The highest BCUT2D eigenvalue weighted by Gasteiger charge is 2.12. The van der Waals surface area contributed by atoms with E-state index in [0.29, 0.717) is 33.1 Å². The highest BCUT2D eigenvalue weighted by molar-refractivity contribution is 7.98. The number of aromatic nitrogens is 3. The molecule has 0 bridgehead atoms. The lowest BCUT2D eigenvalue weighted by molar-refractivity contribution is 0.290. The van der Waals surface area contributed by atoms with Gasteiger partial charge in [-0.05, 0) is 42.0 Å². The van der Waals surface area contributed by atoms with E-state index in [9.17, 15) is 9.90 Å². The van der Waals surface area contributed by atoms with E-state index in [2.05, 4.69) is 10.2 Å². The van der Waals surface area contributed by atoms with Crippen molar-refractivity contribution >= 4 is 34.3 Å². The molecular formula is C20H16ClN3O4S. The van der Waals surface area contributed by atoms with Crippen molar-refractivity contribution in [2.75, 3.05) is 0 Å². The van der Waals surface area contributed by atoms with Gasteiger partial charge in [-0.1, -0.05) is 23.4 Å². The fraction of sp³-hybridized carbons (Fsp3) is 0.150. The van der Waals surface area contributed by atoms with Crippen molar-refractivity contribution in [1.82, 2.24) is 14.8 Å². The third kappa shape index (κ3) is 4.38. The topological polar surface area (TPSA) is 90.4 Å². The van der Waals surface area contributed by atoms with Gasteiger partial charge in [-0.2, -0.15) is 0 Å². The van der Waals surface area contributed by atoms with Crippen LogP contribution >= 0.6 is 23.4 Å². The lowest BCUT2D eigenvalue weighted by Gasteiger charge is -2.07. The molecule has 148 valence electrons. The Hall–Kier alpha value is -2.97. The second-order valence-electron chi connectivity index (χ2n) is 6.26. The van der Waals surface area contributed by atoms with Crippen LogP contribution < -0.4 is 10.4 Å². The Labute approximate surface area is 174 Å². The number of thioether (sulfide) groups is 1. The Morgan fingerprint density at radius 3 is 2.76 bits per heavy atom. The summed E-state index contributed by atoms with van der Waals surface area (Å²) in [6.45, 7) is 0.267. The molecule has 0 spiro atoms. The summed E-state index contributed by atoms with van der Waals surface area (Å²) in [5, 5.41) is 20.1. The second-order valence-corrected chi connectivity index (χ2v) is 7.64. The molecule has 2 heterocycles. The Balaban J connectivity index is 1.48. The van der Waals surface area contributed by atoms with Crippen LogP contribution in [0.2, 0.25) is 5.02 Å². The van der Waals surface area contributed by atoms with E-state index in [-0.39, 0.29) is 12.4 Å². The van der Waals surface area contributed by atoms with Gasteiger partial charge in [-0.25, -0.2) is 4.79 Å². The van der Waals surface area contributed by atoms with Crippen molar-refractivity contribution in [3.8, 4) is 11.5 Å². The Bertz CT molecular complexity index is 1220. The maximum atomic E-state index is 11.8. The zero-order chi connectivity index (χ0) is 20.4. The van der Waals surface area contributed by atoms with E-state index < -0.39 is 5.63 Å². The van der Waals surface area contributed by atoms with Crippen LogP contribution in [0, 0.1) is 0 Å². The summed E-state index contributed by atoms with van der Waals surface area (Å²) in [5.74, 6) is 1.91. The molecule has 0 aliphatic heterocycles. The Morgan fingerprint density at radius 2 is 1.97 bits per heavy atom. The molecule has 9 heteroatoms. The van der Waals surface area contributed by atoms with E-state index in [1.165, 1.54) is 23.9 Å². The summed E-state index contributed by atoms with van der Waals surface area (Å²) in [7, 11) is 1.86. The molecule has 0 fully saturated rings. The molecule has 7 nitrogen and oxygen atoms in total. The molecule has 0 atom stereocenters. The summed E-state index contributed by atoms with van der Waals surface area (Å²) in [6.07, 6.45) is 0. The number of phenolic OH excluding ortho intramolecular Hbond substituents is 1. The quantitative estimate of drug-likeness (QED) is 0.363. The number of fused-ring (bicyclic) bond motifs is 1. The number of halogens is 1. The minimum atomic E-state index is -0.464. The van der Waals surface area contributed by atoms with Crippen molar-refractivity contribution < 1.29 is 14.3 Å². The minimum Gasteiger partial charge on any atom is -0.508 e. The smallest absolute Gasteiger partial charge is 0.336 e. The first-order valence-corrected chi connectivity index (χ1v) is 10.0. The van der Waals surface area contributed by atoms with Crippen molar-refractivity contribution in [2.45, 2.75) is 17.5 Å². The van der Waals surface area contributed by atoms with E-state index in [4.69, 9.17) is 20.8 Å². The van der Waals surface area contributed by atoms with Crippen LogP contribution in [0.25, 0.3) is 11.0 Å². The first-order valence-electron chi connectivity index (χ1n) is 8.65. The van der Waals surface area contributed by atoms with Gasteiger partial charge in [0.25, 0.3) is 0 Å². The molecule has 0 aliphatic rings. The van der Waals surface area contributed by atoms with Crippen molar-refractivity contribution in [3.63, 3.8) is 0 Å². The van der Waals surface area contributed by atoms with Gasteiger partial charge in [0.15, 0.2) is 11.0 Å². The standard InChI is InChI=1S/C20H16ClN3O4S/c1-24-18(10-27-15-5-2-13(21)3-6-15)22-23-20(24)29-11-12-8-19(26)28-17-9-14(25)4-7-16(12)17/h2-9,25H,10-11H2,1H3. The molecule has 0 amide bonds. The molecule has 0 saturated carbocycles. The van der Waals surface area contributed by atoms with Crippen molar-refractivity contribution in [1.29, 1.82) is 0 Å². The maximum absolute atomic E-state index is 11.8. The number of phenols is 1. The third-order valence-electron chi connectivity index (χ3n) is 4.28. The number of rotatable bonds is 6. The molecule has 4 aromatic rings. The lowest BCUT2D eigenvalue weighted by Crippen LogP contribution is -2.04. The van der Waals surface area contributed by atoms with Gasteiger partial charge in [0, 0.05) is 35.3 Å². The van der Waals surface area contributed by atoms with Crippen molar-refractivity contribution in [3.05, 3.63) is 75.4 Å². The molecule has 29 heavy (non-hydrogen) atoms. The first-order chi connectivity index (χ1) is 14.0. The highest BCUT2D eigenvalue weighted by Crippen LogP contribution is 2.27. The van der Waals surface area contributed by atoms with E-state index in [0.717, 1.165) is 10.9 Å². The zero-order valence-corrected chi connectivity index (χ0v) is 16.9. The fourth-order valence-electron chi connectivity index (χ4n) is 2.76. The minimum absolute atomic E-state index is 0.0454. The lowest BCUT2D eigenvalue weighted by atomic mass is 10.1. The van der Waals surface area contributed by atoms with Crippen molar-refractivity contribution in [2.24, 2.45) is 7.05 Å². The normalized spacial score (nSPS) is 11.1. The predicted molar refractivity (Wildman–Crippen MR) is 110 cm³/mol. The number of nitrogens with zero attached hydrogens (tertiary/aromatic N) is 3. The Kier molecular flexibility index (Phi) is 5.46. The Morgan fingerprint density at radius 1 is 1.17 bits per heavy atom. The first kappa shape index (κ1) is 19.4. The number of benzene rings is 2. The molecule has 0 aliphatic carbocycles. The molecular weight excluding hydrogens is 414 g/mol. The SMILES string of the molecule is Cn1c(COc2ccc(Cl)cc2)nnc1SCc1cc(=O)oc2cc(O)ccc12. The predicted octanol–water partition coefficient (Wildman–Crippen LogP) is 4.15. The van der Waals surface area contributed by atoms with Crippen LogP contribution in [0.15, 0.2) is 62.9 Å². The van der Waals surface area contributed by atoms with Crippen LogP contribution in [0.5, 0.6) is 11.5 Å². The number of ether oxygens (including phenoxy) is 1. The number of hydrogen-bond acceptors (Lipinski definition) is 7. The van der Waals surface area contributed by atoms with E-state index in [1.54, 1.807) is 36.4 Å². The maximum Gasteiger partial charge on any atom is 0.336 e. The van der Waals surface area contributed by atoms with Crippen LogP contribution in [0.3, 0.4) is 0 Å². The van der Waals surface area contributed by atoms with Gasteiger partial charge in [0.05, 0.1) is 0 Å². The van der Waals surface area contributed by atoms with Crippen LogP contribution in [-0.4, -0.2) is 19.9 Å². The average molecular weight is 430 g/mol. The van der Waals surface area contributed by atoms with E-state index in [1.807, 2.05) is 11.6 Å². The van der Waals surface area contributed by atoms with Gasteiger partial charge >= 0.3 is 5.63 Å². The van der Waals surface area contributed by atoms with Crippen LogP contribution in [0.4, 0.5) is 0 Å². The van der Waals surface area contributed by atoms with Crippen LogP contribution in [-0.2, 0) is 19.4 Å². The van der Waals surface area contributed by atoms with Crippen LogP contribution in [0.1, 0.15) is 11.4 Å². The van der Waals surface area contributed by atoms with Gasteiger partial charge < -0.3 is 18.8 Å². The molecule has 2 aromatic carbocycles. The summed E-state index contributed by atoms with van der Waals surface area (Å²) >= 11 is 7.32. The molecule has 0 radical (unpaired) electrons. The average Bonchev–Trinajstić information content (AvgIpc) is 3.05. The fourth-order valence-corrected chi connectivity index (χ4v) is 3.80. The van der Waals surface area contributed by atoms with Gasteiger partial charge in [-0.3, -0.25) is 0 Å². The molecule has 1 N–H and O–H groups in total. The molecule has 0 saturated heterocycles. The number of aromatic hydroxyl groups is 1. The number of hydrogen-bond donors (Lipinski definition) is 1. The zero-order valence-electron chi connectivity index (χ0n) is 15.3. The van der Waals surface area contributed by atoms with Gasteiger partial charge in [-0.15, -0.1) is 10.2 Å².